The third-order valence-corrected chi connectivity index (χ3v) is 4.43. The molecule has 0 atom stereocenters. The number of halogens is 1. The van der Waals surface area contributed by atoms with Gasteiger partial charge in [-0.2, -0.15) is 0 Å². The predicted octanol–water partition coefficient (Wildman–Crippen LogP) is 3.47. The van der Waals surface area contributed by atoms with E-state index in [0.717, 1.165) is 17.1 Å². The molecule has 0 spiro atoms. The Morgan fingerprint density at radius 2 is 2.00 bits per heavy atom. The Labute approximate surface area is 138 Å². The summed E-state index contributed by atoms with van der Waals surface area (Å²) >= 11 is 1.63. The van der Waals surface area contributed by atoms with Crippen molar-refractivity contribution in [3.63, 3.8) is 0 Å². The average Bonchev–Trinajstić information content (AvgIpc) is 3.04. The molecule has 4 nitrogen and oxygen atoms in total. The molecule has 1 amide bonds. The van der Waals surface area contributed by atoms with E-state index in [1.807, 2.05) is 0 Å². The molecule has 0 unspecified atom stereocenters. The number of hydrogen-bond acceptors (Lipinski definition) is 4. The van der Waals surface area contributed by atoms with Gasteiger partial charge >= 0.3 is 0 Å². The van der Waals surface area contributed by atoms with Crippen LogP contribution in [0.2, 0.25) is 0 Å². The molecule has 1 aliphatic heterocycles. The van der Waals surface area contributed by atoms with Gasteiger partial charge in [0, 0.05) is 11.4 Å². The molecule has 0 aliphatic carbocycles. The van der Waals surface area contributed by atoms with Crippen LogP contribution in [0.25, 0.3) is 0 Å². The second-order valence-corrected chi connectivity index (χ2v) is 6.12. The molecule has 3 rings (SSSR count). The van der Waals surface area contributed by atoms with Gasteiger partial charge in [-0.15, -0.1) is 11.8 Å². The minimum absolute atomic E-state index is 0.147. The molecule has 6 heteroatoms. The quantitative estimate of drug-likeness (QED) is 0.649. The van der Waals surface area contributed by atoms with E-state index in [4.69, 9.17) is 9.47 Å². The summed E-state index contributed by atoms with van der Waals surface area (Å²) in [5.41, 5.74) is 0.492. The molecule has 0 aromatic heterocycles. The van der Waals surface area contributed by atoms with Gasteiger partial charge in [0.25, 0.3) is 5.91 Å². The van der Waals surface area contributed by atoms with Crippen molar-refractivity contribution in [3.05, 3.63) is 53.8 Å². The van der Waals surface area contributed by atoms with Crippen LogP contribution in [-0.4, -0.2) is 25.0 Å². The van der Waals surface area contributed by atoms with Crippen LogP contribution in [-0.2, 0) is 0 Å². The van der Waals surface area contributed by atoms with E-state index in [-0.39, 0.29) is 18.5 Å². The highest BCUT2D eigenvalue weighted by molar-refractivity contribution is 7.99. The number of carbonyl (C=O) groups is 1. The van der Waals surface area contributed by atoms with Gasteiger partial charge in [0.2, 0.25) is 6.79 Å². The van der Waals surface area contributed by atoms with Gasteiger partial charge in [-0.3, -0.25) is 4.79 Å². The number of ether oxygens (including phenoxy) is 2. The third-order valence-electron chi connectivity index (χ3n) is 3.33. The van der Waals surface area contributed by atoms with Gasteiger partial charge in [0.1, 0.15) is 5.82 Å². The number of amides is 1. The van der Waals surface area contributed by atoms with Crippen molar-refractivity contribution in [1.29, 1.82) is 0 Å². The number of para-hydroxylation sites is 1. The summed E-state index contributed by atoms with van der Waals surface area (Å²) in [4.78, 5) is 13.2. The van der Waals surface area contributed by atoms with Gasteiger partial charge in [0.05, 0.1) is 5.56 Å². The first kappa shape index (κ1) is 15.7. The van der Waals surface area contributed by atoms with E-state index in [1.165, 1.54) is 12.1 Å². The summed E-state index contributed by atoms with van der Waals surface area (Å²) in [6.07, 6.45) is 0.820. The molecule has 0 saturated carbocycles. The summed E-state index contributed by atoms with van der Waals surface area (Å²) < 4.78 is 23.4. The molecule has 1 aliphatic rings. The molecule has 0 fully saturated rings. The number of hydrogen-bond donors (Lipinski definition) is 1. The van der Waals surface area contributed by atoms with Crippen molar-refractivity contribution in [2.75, 3.05) is 19.1 Å². The Morgan fingerprint density at radius 3 is 2.83 bits per heavy atom. The topological polar surface area (TPSA) is 47.6 Å². The lowest BCUT2D eigenvalue weighted by molar-refractivity contribution is 0.0949. The van der Waals surface area contributed by atoms with Crippen LogP contribution in [0.1, 0.15) is 16.8 Å². The lowest BCUT2D eigenvalue weighted by atomic mass is 10.1. The molecule has 2 aromatic rings. The van der Waals surface area contributed by atoms with Crippen LogP contribution in [0, 0.1) is 5.82 Å². The minimum atomic E-state index is -0.233. The molecule has 2 aromatic carbocycles. The zero-order valence-electron chi connectivity index (χ0n) is 12.4. The first-order chi connectivity index (χ1) is 11.2. The smallest absolute Gasteiger partial charge is 0.255 e. The second kappa shape index (κ2) is 7.37. The summed E-state index contributed by atoms with van der Waals surface area (Å²) in [5, 5.41) is 2.88. The maximum Gasteiger partial charge on any atom is 0.255 e. The third kappa shape index (κ3) is 3.96. The van der Waals surface area contributed by atoms with E-state index in [1.54, 1.807) is 42.1 Å². The largest absolute Gasteiger partial charge is 0.454 e. The first-order valence-corrected chi connectivity index (χ1v) is 8.28. The Bertz CT molecular complexity index is 691. The van der Waals surface area contributed by atoms with Crippen LogP contribution in [0.4, 0.5) is 4.39 Å². The lowest BCUT2D eigenvalue weighted by Gasteiger charge is -2.07. The number of fused-ring (bicyclic) bond motifs is 1. The zero-order chi connectivity index (χ0) is 16.1. The molecular formula is C17H16FNO3S. The standard InChI is InChI=1S/C17H16FNO3S/c18-12-5-7-13(8-6-12)23-10-2-9-19-17(20)14-3-1-4-15-16(14)22-11-21-15/h1,3-8H,2,9-11H2,(H,19,20). The van der Waals surface area contributed by atoms with Crippen LogP contribution in [0.15, 0.2) is 47.4 Å². The summed E-state index contributed by atoms with van der Waals surface area (Å²) in [6, 6.07) is 11.7. The van der Waals surface area contributed by atoms with E-state index in [9.17, 15) is 9.18 Å². The lowest BCUT2D eigenvalue weighted by Crippen LogP contribution is -2.25. The van der Waals surface area contributed by atoms with E-state index >= 15 is 0 Å². The van der Waals surface area contributed by atoms with Crippen molar-refractivity contribution in [2.24, 2.45) is 0 Å². The molecule has 23 heavy (non-hydrogen) atoms. The van der Waals surface area contributed by atoms with Crippen molar-refractivity contribution < 1.29 is 18.7 Å². The first-order valence-electron chi connectivity index (χ1n) is 7.29. The van der Waals surface area contributed by atoms with Crippen molar-refractivity contribution >= 4 is 17.7 Å². The van der Waals surface area contributed by atoms with Crippen molar-refractivity contribution in [3.8, 4) is 11.5 Å². The van der Waals surface area contributed by atoms with Gasteiger partial charge in [-0.1, -0.05) is 6.07 Å². The SMILES string of the molecule is O=C(NCCCSc1ccc(F)cc1)c1cccc2c1OCO2. The van der Waals surface area contributed by atoms with Gasteiger partial charge in [-0.25, -0.2) is 4.39 Å². The highest BCUT2D eigenvalue weighted by Gasteiger charge is 2.21. The van der Waals surface area contributed by atoms with Crippen molar-refractivity contribution in [1.82, 2.24) is 5.32 Å². The van der Waals surface area contributed by atoms with E-state index in [0.29, 0.717) is 23.6 Å². The fourth-order valence-corrected chi connectivity index (χ4v) is 3.05. The zero-order valence-corrected chi connectivity index (χ0v) is 13.2. The Morgan fingerprint density at radius 1 is 1.17 bits per heavy atom. The van der Waals surface area contributed by atoms with E-state index in [2.05, 4.69) is 5.32 Å². The minimum Gasteiger partial charge on any atom is -0.454 e. The van der Waals surface area contributed by atoms with Gasteiger partial charge in [-0.05, 0) is 48.6 Å². The highest BCUT2D eigenvalue weighted by atomic mass is 32.2. The molecule has 0 saturated heterocycles. The van der Waals surface area contributed by atoms with Crippen LogP contribution >= 0.6 is 11.8 Å². The fraction of sp³-hybridized carbons (Fsp3) is 0.235. The average molecular weight is 333 g/mol. The van der Waals surface area contributed by atoms with E-state index < -0.39 is 0 Å². The Kier molecular flexibility index (Phi) is 5.02. The Hall–Kier alpha value is -2.21. The van der Waals surface area contributed by atoms with Crippen LogP contribution in [0.5, 0.6) is 11.5 Å². The number of nitrogens with one attached hydrogen (secondary N) is 1. The summed E-state index contributed by atoms with van der Waals surface area (Å²) in [5.74, 6) is 1.55. The summed E-state index contributed by atoms with van der Waals surface area (Å²) in [6.45, 7) is 0.714. The molecule has 1 N–H and O–H groups in total. The number of benzene rings is 2. The highest BCUT2D eigenvalue weighted by Crippen LogP contribution is 2.35. The van der Waals surface area contributed by atoms with Crippen LogP contribution < -0.4 is 14.8 Å². The van der Waals surface area contributed by atoms with Gasteiger partial charge in [0.15, 0.2) is 11.5 Å². The molecule has 0 bridgehead atoms. The molecule has 120 valence electrons. The number of carbonyl (C=O) groups excluding carboxylic acids is 1. The molecule has 1 heterocycles. The molecular weight excluding hydrogens is 317 g/mol. The van der Waals surface area contributed by atoms with Gasteiger partial charge < -0.3 is 14.8 Å². The van der Waals surface area contributed by atoms with Crippen molar-refractivity contribution in [2.45, 2.75) is 11.3 Å². The predicted molar refractivity (Wildman–Crippen MR) is 86.6 cm³/mol. The number of rotatable bonds is 6. The molecule has 0 radical (unpaired) electrons. The fourth-order valence-electron chi connectivity index (χ4n) is 2.20. The normalized spacial score (nSPS) is 12.2. The monoisotopic (exact) mass is 333 g/mol. The Balaban J connectivity index is 1.43. The van der Waals surface area contributed by atoms with Crippen LogP contribution in [0.3, 0.4) is 0 Å². The second-order valence-electron chi connectivity index (χ2n) is 4.95. The maximum atomic E-state index is 12.8. The maximum absolute atomic E-state index is 12.8. The number of thioether (sulfide) groups is 1. The summed E-state index contributed by atoms with van der Waals surface area (Å²) in [7, 11) is 0.